The van der Waals surface area contributed by atoms with E-state index in [-0.39, 0.29) is 5.91 Å². The molecule has 2 aromatic heterocycles. The van der Waals surface area contributed by atoms with Gasteiger partial charge in [0, 0.05) is 38.0 Å². The first-order valence-electron chi connectivity index (χ1n) is 7.81. The Balaban J connectivity index is 1.79. The number of aromatic nitrogens is 3. The van der Waals surface area contributed by atoms with Gasteiger partial charge in [-0.2, -0.15) is 0 Å². The van der Waals surface area contributed by atoms with Gasteiger partial charge >= 0.3 is 0 Å². The zero-order chi connectivity index (χ0) is 16.2. The van der Waals surface area contributed by atoms with Crippen molar-refractivity contribution in [1.29, 1.82) is 0 Å². The average molecular weight is 332 g/mol. The van der Waals surface area contributed by atoms with Crippen LogP contribution in [-0.4, -0.2) is 52.1 Å². The van der Waals surface area contributed by atoms with Crippen molar-refractivity contribution >= 4 is 17.2 Å². The maximum Gasteiger partial charge on any atom is 0.265 e. The summed E-state index contributed by atoms with van der Waals surface area (Å²) in [5.41, 5.74) is 0.739. The zero-order valence-corrected chi connectivity index (χ0v) is 14.2. The molecule has 7 heteroatoms. The first-order valence-corrected chi connectivity index (χ1v) is 8.62. The van der Waals surface area contributed by atoms with Crippen LogP contribution in [0, 0.1) is 12.8 Å². The number of hydrogen-bond donors (Lipinski definition) is 0. The molecule has 23 heavy (non-hydrogen) atoms. The van der Waals surface area contributed by atoms with Crippen LogP contribution in [0.3, 0.4) is 0 Å². The lowest BCUT2D eigenvalue weighted by molar-refractivity contribution is 0.0734. The van der Waals surface area contributed by atoms with Gasteiger partial charge in [0.15, 0.2) is 10.8 Å². The van der Waals surface area contributed by atoms with Gasteiger partial charge in [-0.05, 0) is 26.3 Å². The van der Waals surface area contributed by atoms with Crippen LogP contribution in [0.25, 0.3) is 10.8 Å². The van der Waals surface area contributed by atoms with Gasteiger partial charge in [-0.15, -0.1) is 11.3 Å². The van der Waals surface area contributed by atoms with Crippen LogP contribution in [0.5, 0.6) is 0 Å². The lowest BCUT2D eigenvalue weighted by Gasteiger charge is -2.23. The Kier molecular flexibility index (Phi) is 4.97. The number of aryl methyl sites for hydroxylation is 1. The molecule has 0 aromatic carbocycles. The first-order chi connectivity index (χ1) is 11.2. The summed E-state index contributed by atoms with van der Waals surface area (Å²) in [4.78, 5) is 28.3. The van der Waals surface area contributed by atoms with Gasteiger partial charge in [0.2, 0.25) is 0 Å². The Hall–Kier alpha value is -1.86. The quantitative estimate of drug-likeness (QED) is 0.841. The SMILES string of the molecule is CCN(C[C@H]1CCOC1)C(=O)c1sc(-c2ncccn2)nc1C. The number of ether oxygens (including phenoxy) is 1. The molecular formula is C16H20N4O2S. The van der Waals surface area contributed by atoms with E-state index in [1.807, 2.05) is 18.7 Å². The molecule has 1 amide bonds. The van der Waals surface area contributed by atoms with Crippen molar-refractivity contribution in [1.82, 2.24) is 19.9 Å². The minimum atomic E-state index is 0.0385. The molecule has 0 bridgehead atoms. The molecule has 1 aliphatic rings. The number of hydrogen-bond acceptors (Lipinski definition) is 6. The Bertz CT molecular complexity index is 668. The summed E-state index contributed by atoms with van der Waals surface area (Å²) >= 11 is 1.36. The highest BCUT2D eigenvalue weighted by molar-refractivity contribution is 7.17. The second kappa shape index (κ2) is 7.14. The Morgan fingerprint density at radius 3 is 2.87 bits per heavy atom. The van der Waals surface area contributed by atoms with Crippen molar-refractivity contribution in [3.8, 4) is 10.8 Å². The number of carbonyl (C=O) groups excluding carboxylic acids is 1. The molecule has 0 spiro atoms. The normalized spacial score (nSPS) is 17.4. The van der Waals surface area contributed by atoms with Gasteiger partial charge in [-0.1, -0.05) is 0 Å². The summed E-state index contributed by atoms with van der Waals surface area (Å²) in [6, 6.07) is 1.76. The van der Waals surface area contributed by atoms with E-state index in [2.05, 4.69) is 15.0 Å². The molecule has 0 radical (unpaired) electrons. The number of carbonyl (C=O) groups is 1. The minimum Gasteiger partial charge on any atom is -0.381 e. The molecule has 0 aliphatic carbocycles. The fourth-order valence-corrected chi connectivity index (χ4v) is 3.62. The molecule has 3 heterocycles. The van der Waals surface area contributed by atoms with Crippen LogP contribution < -0.4 is 0 Å². The Labute approximate surface area is 139 Å². The van der Waals surface area contributed by atoms with Crippen molar-refractivity contribution in [2.24, 2.45) is 5.92 Å². The average Bonchev–Trinajstić information content (AvgIpc) is 3.22. The maximum atomic E-state index is 12.8. The number of nitrogens with zero attached hydrogens (tertiary/aromatic N) is 4. The first kappa shape index (κ1) is 16.0. The molecule has 6 nitrogen and oxygen atoms in total. The van der Waals surface area contributed by atoms with Crippen molar-refractivity contribution in [2.75, 3.05) is 26.3 Å². The second-order valence-electron chi connectivity index (χ2n) is 5.58. The third kappa shape index (κ3) is 3.56. The molecule has 1 fully saturated rings. The molecular weight excluding hydrogens is 312 g/mol. The van der Waals surface area contributed by atoms with E-state index in [1.165, 1.54) is 11.3 Å². The van der Waals surface area contributed by atoms with Crippen LogP contribution in [0.2, 0.25) is 0 Å². The van der Waals surface area contributed by atoms with E-state index in [1.54, 1.807) is 18.5 Å². The maximum absolute atomic E-state index is 12.8. The van der Waals surface area contributed by atoms with Crippen LogP contribution in [-0.2, 0) is 4.74 Å². The molecule has 1 atom stereocenters. The standard InChI is InChI=1S/C16H20N4O2S/c1-3-20(9-12-5-8-22-10-12)16(21)13-11(2)19-15(23-13)14-17-6-4-7-18-14/h4,6-7,12H,3,5,8-10H2,1-2H3/t12-/m1/s1. The van der Waals surface area contributed by atoms with Crippen molar-refractivity contribution in [3.05, 3.63) is 29.0 Å². The van der Waals surface area contributed by atoms with E-state index >= 15 is 0 Å². The highest BCUT2D eigenvalue weighted by Crippen LogP contribution is 2.27. The molecule has 0 unspecified atom stereocenters. The fraction of sp³-hybridized carbons (Fsp3) is 0.500. The molecule has 3 rings (SSSR count). The minimum absolute atomic E-state index is 0.0385. The van der Waals surface area contributed by atoms with Gasteiger partial charge < -0.3 is 9.64 Å². The third-order valence-corrected chi connectivity index (χ3v) is 5.06. The largest absolute Gasteiger partial charge is 0.381 e. The lowest BCUT2D eigenvalue weighted by atomic mass is 10.1. The molecule has 0 N–H and O–H groups in total. The molecule has 1 saturated heterocycles. The summed E-state index contributed by atoms with van der Waals surface area (Å²) in [6.07, 6.45) is 4.38. The van der Waals surface area contributed by atoms with Gasteiger partial charge in [0.1, 0.15) is 4.88 Å². The van der Waals surface area contributed by atoms with E-state index in [9.17, 15) is 4.79 Å². The summed E-state index contributed by atoms with van der Waals surface area (Å²) in [7, 11) is 0. The highest BCUT2D eigenvalue weighted by Gasteiger charge is 2.25. The van der Waals surface area contributed by atoms with E-state index in [0.29, 0.717) is 28.2 Å². The van der Waals surface area contributed by atoms with E-state index in [0.717, 1.165) is 31.9 Å². The van der Waals surface area contributed by atoms with Gasteiger partial charge in [-0.3, -0.25) is 4.79 Å². The van der Waals surface area contributed by atoms with Crippen LogP contribution in [0.4, 0.5) is 0 Å². The zero-order valence-electron chi connectivity index (χ0n) is 13.4. The Morgan fingerprint density at radius 1 is 1.43 bits per heavy atom. The van der Waals surface area contributed by atoms with Crippen molar-refractivity contribution in [2.45, 2.75) is 20.3 Å². The summed E-state index contributed by atoms with van der Waals surface area (Å²) in [5, 5.41) is 0.687. The third-order valence-electron chi connectivity index (χ3n) is 3.92. The number of rotatable bonds is 5. The fourth-order valence-electron chi connectivity index (χ4n) is 2.64. The molecule has 2 aromatic rings. The summed E-state index contributed by atoms with van der Waals surface area (Å²) in [6.45, 7) is 6.84. The van der Waals surface area contributed by atoms with Gasteiger partial charge in [0.05, 0.1) is 12.3 Å². The van der Waals surface area contributed by atoms with Gasteiger partial charge in [-0.25, -0.2) is 15.0 Å². The Morgan fingerprint density at radius 2 is 2.22 bits per heavy atom. The molecule has 122 valence electrons. The lowest BCUT2D eigenvalue weighted by Crippen LogP contribution is -2.35. The second-order valence-corrected chi connectivity index (χ2v) is 6.58. The van der Waals surface area contributed by atoms with Crippen LogP contribution in [0.1, 0.15) is 28.7 Å². The van der Waals surface area contributed by atoms with Crippen LogP contribution in [0.15, 0.2) is 18.5 Å². The van der Waals surface area contributed by atoms with Crippen molar-refractivity contribution < 1.29 is 9.53 Å². The molecule has 1 aliphatic heterocycles. The van der Waals surface area contributed by atoms with Gasteiger partial charge in [0.25, 0.3) is 5.91 Å². The van der Waals surface area contributed by atoms with E-state index < -0.39 is 0 Å². The number of amides is 1. The monoisotopic (exact) mass is 332 g/mol. The van der Waals surface area contributed by atoms with Crippen molar-refractivity contribution in [3.63, 3.8) is 0 Å². The summed E-state index contributed by atoms with van der Waals surface area (Å²) in [5.74, 6) is 1.03. The smallest absolute Gasteiger partial charge is 0.265 e. The van der Waals surface area contributed by atoms with Crippen LogP contribution >= 0.6 is 11.3 Å². The number of thiazole rings is 1. The highest BCUT2D eigenvalue weighted by atomic mass is 32.1. The van der Waals surface area contributed by atoms with E-state index in [4.69, 9.17) is 4.74 Å². The topological polar surface area (TPSA) is 68.2 Å². The predicted octanol–water partition coefficient (Wildman–Crippen LogP) is 2.41. The predicted molar refractivity (Wildman–Crippen MR) is 88.4 cm³/mol. The molecule has 0 saturated carbocycles. The summed E-state index contributed by atoms with van der Waals surface area (Å²) < 4.78 is 5.41.